The first-order valence-electron chi connectivity index (χ1n) is 4.62. The Hall–Kier alpha value is 0.837. The second-order valence-electron chi connectivity index (χ2n) is 2.77. The Kier molecular flexibility index (Phi) is 10.00. The van der Waals surface area contributed by atoms with Crippen molar-refractivity contribution in [3.8, 4) is 0 Å². The third kappa shape index (κ3) is 7.87. The molecule has 0 N–H and O–H groups in total. The van der Waals surface area contributed by atoms with Crippen molar-refractivity contribution in [1.29, 1.82) is 0 Å². The van der Waals surface area contributed by atoms with E-state index in [0.29, 0.717) is 0 Å². The van der Waals surface area contributed by atoms with Crippen LogP contribution in [0.4, 0.5) is 0 Å². The van der Waals surface area contributed by atoms with Gasteiger partial charge in [0.15, 0.2) is 0 Å². The number of benzene rings is 1. The molecule has 0 nitrogen and oxygen atoms in total. The van der Waals surface area contributed by atoms with Crippen molar-refractivity contribution in [2.45, 2.75) is 24.9 Å². The molecular formula is C10H13ClILi. The summed E-state index contributed by atoms with van der Waals surface area (Å²) in [6.07, 6.45) is 2.73. The van der Waals surface area contributed by atoms with Gasteiger partial charge in [-0.3, -0.25) is 0 Å². The monoisotopic (exact) mass is 302 g/mol. The van der Waals surface area contributed by atoms with Gasteiger partial charge in [-0.1, -0.05) is 23.7 Å². The molecule has 0 aliphatic heterocycles. The second kappa shape index (κ2) is 9.39. The van der Waals surface area contributed by atoms with E-state index in [1.807, 2.05) is 24.3 Å². The molecule has 0 saturated carbocycles. The van der Waals surface area contributed by atoms with Gasteiger partial charge in [-0.15, -0.1) is 0 Å². The molecule has 0 radical (unpaired) electrons. The molecule has 0 aliphatic carbocycles. The maximum atomic E-state index is 5.70. The Labute approximate surface area is 109 Å². The van der Waals surface area contributed by atoms with Crippen LogP contribution in [0.15, 0.2) is 24.3 Å². The van der Waals surface area contributed by atoms with Gasteiger partial charge in [0.05, 0.1) is 5.02 Å². The number of hydrogen-bond donors (Lipinski definition) is 0. The van der Waals surface area contributed by atoms with Crippen LogP contribution >= 0.6 is 34.2 Å². The first kappa shape index (κ1) is 13.8. The fraction of sp³-hybridized carbons (Fsp3) is 0.400. The molecule has 0 fully saturated rings. The predicted octanol–water partition coefficient (Wildman–Crippen LogP) is 4.32. The molecule has 0 amide bonds. The normalized spacial score (nSPS) is 9.00. The van der Waals surface area contributed by atoms with Crippen LogP contribution < -0.4 is 0 Å². The molecule has 0 saturated heterocycles. The molecule has 1 rings (SSSR count). The summed E-state index contributed by atoms with van der Waals surface area (Å²) in [6, 6.07) is 7.74. The summed E-state index contributed by atoms with van der Waals surface area (Å²) in [5.41, 5.74) is 0. The summed E-state index contributed by atoms with van der Waals surface area (Å²) in [4.78, 5) is 0. The first-order valence-corrected chi connectivity index (χ1v) is 6.08. The average molecular weight is 303 g/mol. The number of hydrogen-bond acceptors (Lipinski definition) is 0. The molecule has 0 bridgehead atoms. The van der Waals surface area contributed by atoms with E-state index in [1.165, 1.54) is 17.9 Å². The van der Waals surface area contributed by atoms with Gasteiger partial charge in [0.2, 0.25) is 0 Å². The number of halogens is 2. The Morgan fingerprint density at radius 3 is 2.23 bits per heavy atom. The predicted molar refractivity (Wildman–Crippen MR) is 69.6 cm³/mol. The molecule has 0 spiro atoms. The van der Waals surface area contributed by atoms with Crippen molar-refractivity contribution < 1.29 is 0 Å². The van der Waals surface area contributed by atoms with Gasteiger partial charge in [0, 0.05) is 3.57 Å². The Morgan fingerprint density at radius 1 is 1.38 bits per heavy atom. The van der Waals surface area contributed by atoms with E-state index in [9.17, 15) is 0 Å². The summed E-state index contributed by atoms with van der Waals surface area (Å²) < 4.78 is 1.10. The van der Waals surface area contributed by atoms with Gasteiger partial charge < -0.3 is 0 Å². The third-order valence-electron chi connectivity index (χ3n) is 1.53. The van der Waals surface area contributed by atoms with Crippen LogP contribution in [0.1, 0.15) is 19.8 Å². The van der Waals surface area contributed by atoms with Crippen LogP contribution in [-0.4, -0.2) is 17.7 Å². The van der Waals surface area contributed by atoms with E-state index in [-0.39, 0.29) is 0 Å². The quantitative estimate of drug-likeness (QED) is 0.564. The molecule has 68 valence electrons. The van der Waals surface area contributed by atoms with Crippen LogP contribution in [0.25, 0.3) is 0 Å². The molecular weight excluding hydrogens is 289 g/mol. The molecule has 0 unspecified atom stereocenters. The first-order chi connectivity index (χ1) is 6.22. The summed E-state index contributed by atoms with van der Waals surface area (Å²) in [5.74, 6) is 0. The average Bonchev–Trinajstić information content (AvgIpc) is 2.13. The van der Waals surface area contributed by atoms with Gasteiger partial charge in [-0.25, -0.2) is 0 Å². The van der Waals surface area contributed by atoms with Crippen molar-refractivity contribution in [3.05, 3.63) is 32.9 Å². The molecule has 0 heterocycles. The van der Waals surface area contributed by atoms with Crippen molar-refractivity contribution in [3.63, 3.8) is 0 Å². The van der Waals surface area contributed by atoms with Crippen molar-refractivity contribution in [2.75, 3.05) is 0 Å². The summed E-state index contributed by atoms with van der Waals surface area (Å²) in [7, 11) is 0. The molecule has 1 aromatic rings. The van der Waals surface area contributed by atoms with Gasteiger partial charge in [0.1, 0.15) is 0 Å². The van der Waals surface area contributed by atoms with E-state index in [4.69, 9.17) is 11.6 Å². The van der Waals surface area contributed by atoms with Gasteiger partial charge >= 0.3 is 42.6 Å². The van der Waals surface area contributed by atoms with Gasteiger partial charge in [0.25, 0.3) is 0 Å². The van der Waals surface area contributed by atoms with E-state index in [0.717, 1.165) is 8.59 Å². The van der Waals surface area contributed by atoms with Crippen molar-refractivity contribution in [2.24, 2.45) is 0 Å². The third-order valence-corrected chi connectivity index (χ3v) is 3.12. The summed E-state index contributed by atoms with van der Waals surface area (Å²) in [6.45, 7) is 2.21. The molecule has 0 aromatic heterocycles. The molecule has 1 aromatic carbocycles. The standard InChI is InChI=1S/C6H4ClI.C4H9.Li/c7-5-3-1-2-4-6(5)8;1-3-4-2;/h1-4H;1,3-4H2,2H3;. The Bertz CT molecular complexity index is 205. The van der Waals surface area contributed by atoms with E-state index in [1.54, 1.807) is 0 Å². The molecule has 13 heavy (non-hydrogen) atoms. The van der Waals surface area contributed by atoms with E-state index in [2.05, 4.69) is 47.2 Å². The van der Waals surface area contributed by atoms with Crippen LogP contribution in [0, 0.1) is 3.57 Å². The molecule has 3 heteroatoms. The summed E-state index contributed by atoms with van der Waals surface area (Å²) in [5, 5.41) is 2.17. The zero-order valence-electron chi connectivity index (χ0n) is 8.19. The van der Waals surface area contributed by atoms with Crippen LogP contribution in [0.2, 0.25) is 10.1 Å². The van der Waals surface area contributed by atoms with Gasteiger partial charge in [-0.2, -0.15) is 0 Å². The zero-order valence-corrected chi connectivity index (χ0v) is 11.1. The van der Waals surface area contributed by atoms with Crippen LogP contribution in [0.5, 0.6) is 0 Å². The van der Waals surface area contributed by atoms with Crippen LogP contribution in [-0.2, 0) is 0 Å². The van der Waals surface area contributed by atoms with E-state index < -0.39 is 0 Å². The topological polar surface area (TPSA) is 0 Å². The summed E-state index contributed by atoms with van der Waals surface area (Å²) >= 11 is 10.1. The Balaban J connectivity index is 0.000000252. The molecule has 0 aliphatic rings. The van der Waals surface area contributed by atoms with E-state index >= 15 is 0 Å². The van der Waals surface area contributed by atoms with Crippen molar-refractivity contribution >= 4 is 51.9 Å². The second-order valence-corrected chi connectivity index (χ2v) is 4.34. The minimum absolute atomic E-state index is 0.827. The van der Waals surface area contributed by atoms with Crippen molar-refractivity contribution in [1.82, 2.24) is 0 Å². The number of unbranched alkanes of at least 4 members (excludes halogenated alkanes) is 1. The van der Waals surface area contributed by atoms with Gasteiger partial charge in [-0.05, 0) is 34.7 Å². The minimum atomic E-state index is 0.827. The van der Waals surface area contributed by atoms with Crippen LogP contribution in [0.3, 0.4) is 0 Å². The fourth-order valence-electron chi connectivity index (χ4n) is 0.793. The zero-order chi connectivity index (χ0) is 10.1. The maximum absolute atomic E-state index is 5.70. The fourth-order valence-corrected chi connectivity index (χ4v) is 1.32. The number of rotatable bonds is 2. The SMILES string of the molecule is Clc1ccccc1I.[Li][CH2]CCC. The molecule has 0 atom stereocenters. The Morgan fingerprint density at radius 2 is 2.00 bits per heavy atom.